The van der Waals surface area contributed by atoms with Gasteiger partial charge in [-0.25, -0.2) is 0 Å². The van der Waals surface area contributed by atoms with Crippen LogP contribution >= 0.6 is 0 Å². The molecule has 0 saturated heterocycles. The monoisotopic (exact) mass is 420 g/mol. The third-order valence-corrected chi connectivity index (χ3v) is 9.27. The van der Waals surface area contributed by atoms with Crippen LogP contribution in [0.3, 0.4) is 0 Å². The van der Waals surface area contributed by atoms with Gasteiger partial charge in [0, 0.05) is 0 Å². The third-order valence-electron chi connectivity index (χ3n) is 1.97. The Morgan fingerprint density at radius 3 is 1.73 bits per heavy atom. The first kappa shape index (κ1) is 20.7. The van der Waals surface area contributed by atoms with E-state index < -0.39 is 0 Å². The highest BCUT2D eigenvalue weighted by Gasteiger charge is 1.97. The van der Waals surface area contributed by atoms with Gasteiger partial charge in [-0.05, 0) is 11.6 Å². The lowest BCUT2D eigenvalue weighted by molar-refractivity contribution is 1.29. The summed E-state index contributed by atoms with van der Waals surface area (Å²) in [5.74, 6) is 0. The molecule has 15 heteroatoms. The van der Waals surface area contributed by atoms with Gasteiger partial charge in [-0.1, -0.05) is 30.3 Å². The lowest BCUT2D eigenvalue weighted by Crippen LogP contribution is -2.52. The molecule has 0 bridgehead atoms. The Bertz CT molecular complexity index is 349. The van der Waals surface area contributed by atoms with Crippen LogP contribution in [0.1, 0.15) is 5.56 Å². The Hall–Kier alpha value is 0.675. The third kappa shape index (κ3) is 13.1. The fourth-order valence-corrected chi connectivity index (χ4v) is 8.40. The second-order valence-electron chi connectivity index (χ2n) is 3.46. The fourth-order valence-electron chi connectivity index (χ4n) is 1.13. The number of hydrogen-bond donors (Lipinski definition) is 7. The van der Waals surface area contributed by atoms with E-state index in [4.69, 9.17) is 0 Å². The molecular formula is C7H14N7Si8. The van der Waals surface area contributed by atoms with Crippen molar-refractivity contribution in [1.29, 1.82) is 0 Å². The highest BCUT2D eigenvalue weighted by Crippen LogP contribution is 1.96. The van der Waals surface area contributed by atoms with Crippen LogP contribution in [0.4, 0.5) is 0 Å². The SMILES string of the molecule is [Si]N[Si]N[Si]N[Si]N[Si]N[Si]N[Si]N[Si]Cc1ccccc1. The lowest BCUT2D eigenvalue weighted by atomic mass is 10.2. The molecule has 0 aliphatic rings. The van der Waals surface area contributed by atoms with E-state index >= 15 is 0 Å². The van der Waals surface area contributed by atoms with E-state index in [-0.39, 0.29) is 0 Å². The molecule has 0 fully saturated rings. The van der Waals surface area contributed by atoms with Crippen molar-refractivity contribution in [3.8, 4) is 0 Å². The highest BCUT2D eigenvalue weighted by atomic mass is 28.4. The predicted octanol–water partition coefficient (Wildman–Crippen LogP) is -4.78. The maximum Gasteiger partial charge on any atom is 0.231 e. The summed E-state index contributed by atoms with van der Waals surface area (Å²) < 4.78 is 22.8. The molecule has 0 aliphatic carbocycles. The molecule has 7 N–H and O–H groups in total. The largest absolute Gasteiger partial charge is 0.352 e. The van der Waals surface area contributed by atoms with E-state index in [1.807, 2.05) is 0 Å². The summed E-state index contributed by atoms with van der Waals surface area (Å²) in [6, 6.07) is 11.7. The van der Waals surface area contributed by atoms with E-state index in [1.165, 1.54) is 5.56 Å². The molecule has 17 radical (unpaired) electrons. The van der Waals surface area contributed by atoms with Gasteiger partial charge in [0.1, 0.15) is 20.1 Å². The smallest absolute Gasteiger partial charge is 0.231 e. The molecule has 0 saturated carbocycles. The maximum atomic E-state index is 3.43. The van der Waals surface area contributed by atoms with E-state index in [9.17, 15) is 0 Å². The maximum absolute atomic E-state index is 3.43. The molecule has 109 valence electrons. The Morgan fingerprint density at radius 2 is 1.18 bits per heavy atom. The van der Waals surface area contributed by atoms with Crippen LogP contribution in [0.2, 0.25) is 0 Å². The van der Waals surface area contributed by atoms with Crippen LogP contribution in [0.25, 0.3) is 0 Å². The minimum absolute atomic E-state index is 0.530. The molecule has 0 atom stereocenters. The van der Waals surface area contributed by atoms with Crippen molar-refractivity contribution in [2.45, 2.75) is 6.04 Å². The van der Waals surface area contributed by atoms with Crippen LogP contribution in [-0.4, -0.2) is 79.1 Å². The minimum Gasteiger partial charge on any atom is -0.352 e. The molecule has 7 nitrogen and oxygen atoms in total. The van der Waals surface area contributed by atoms with E-state index in [1.54, 1.807) is 0 Å². The average Bonchev–Trinajstić information content (AvgIpc) is 2.56. The molecule has 0 spiro atoms. The van der Waals surface area contributed by atoms with Crippen molar-refractivity contribution in [3.63, 3.8) is 0 Å². The van der Waals surface area contributed by atoms with Gasteiger partial charge in [-0.2, -0.15) is 0 Å². The molecule has 1 rings (SSSR count). The van der Waals surface area contributed by atoms with Gasteiger partial charge >= 0.3 is 0 Å². The number of rotatable bonds is 15. The first-order valence-corrected chi connectivity index (χ1v) is 13.8. The van der Waals surface area contributed by atoms with Gasteiger partial charge in [-0.15, -0.1) is 0 Å². The van der Waals surface area contributed by atoms with Gasteiger partial charge in [0.25, 0.3) is 0 Å². The Kier molecular flexibility index (Phi) is 15.6. The fraction of sp³-hybridized carbons (Fsp3) is 0.143. The summed E-state index contributed by atoms with van der Waals surface area (Å²) in [6.45, 7) is 0. The topological polar surface area (TPSA) is 84.2 Å². The zero-order chi connectivity index (χ0) is 15.7. The van der Waals surface area contributed by atoms with Gasteiger partial charge in [0.05, 0.1) is 0 Å². The second kappa shape index (κ2) is 16.5. The van der Waals surface area contributed by atoms with E-state index in [0.717, 1.165) is 15.7 Å². The van der Waals surface area contributed by atoms with Crippen LogP contribution in [0.5, 0.6) is 0 Å². The van der Waals surface area contributed by atoms with Crippen LogP contribution < -0.4 is 32.5 Å². The standard InChI is InChI=1S/C7H14N7Si8/c15-8-17-10-19-12-21-14-22-13-20-11-18-9-16-6-7-4-2-1-3-5-7/h1-5,8-14H,6H2. The van der Waals surface area contributed by atoms with Gasteiger partial charge < -0.3 is 32.5 Å². The Labute approximate surface area is 153 Å². The van der Waals surface area contributed by atoms with Crippen LogP contribution in [0.15, 0.2) is 30.3 Å². The van der Waals surface area contributed by atoms with Crippen molar-refractivity contribution < 1.29 is 0 Å². The lowest BCUT2D eigenvalue weighted by Gasteiger charge is -2.05. The molecule has 0 aliphatic heterocycles. The summed E-state index contributed by atoms with van der Waals surface area (Å²) in [6.07, 6.45) is 0. The van der Waals surface area contributed by atoms with Gasteiger partial charge in [0.15, 0.2) is 0 Å². The molecule has 0 aromatic heterocycles. The predicted molar refractivity (Wildman–Crippen MR) is 98.1 cm³/mol. The molecule has 22 heavy (non-hydrogen) atoms. The number of nitrogens with one attached hydrogen (secondary N) is 7. The van der Waals surface area contributed by atoms with Gasteiger partial charge in [-0.3, -0.25) is 0 Å². The molecular weight excluding hydrogens is 407 g/mol. The van der Waals surface area contributed by atoms with E-state index in [0.29, 0.717) is 59.1 Å². The average molecular weight is 421 g/mol. The summed E-state index contributed by atoms with van der Waals surface area (Å²) >= 11 is 0. The quantitative estimate of drug-likeness (QED) is 0.113. The van der Waals surface area contributed by atoms with Crippen molar-refractivity contribution in [2.75, 3.05) is 0 Å². The zero-order valence-corrected chi connectivity index (χ0v) is 19.6. The summed E-state index contributed by atoms with van der Waals surface area (Å²) in [4.78, 5) is 0. The van der Waals surface area contributed by atoms with Crippen molar-refractivity contribution >= 4 is 79.1 Å². The van der Waals surface area contributed by atoms with Crippen LogP contribution in [-0.2, 0) is 6.04 Å². The molecule has 0 unspecified atom stereocenters. The second-order valence-corrected chi connectivity index (χ2v) is 12.7. The number of hydrogen-bond acceptors (Lipinski definition) is 7. The van der Waals surface area contributed by atoms with Gasteiger partial charge in [0.2, 0.25) is 59.1 Å². The normalized spacial score (nSPS) is 11.0. The Morgan fingerprint density at radius 1 is 0.682 bits per heavy atom. The Balaban J connectivity index is 1.73. The first-order valence-electron chi connectivity index (χ1n) is 6.12. The summed E-state index contributed by atoms with van der Waals surface area (Å²) in [7, 11) is 7.35. The highest BCUT2D eigenvalue weighted by molar-refractivity contribution is 6.63. The summed E-state index contributed by atoms with van der Waals surface area (Å²) in [5, 5.41) is 0. The molecule has 1 aromatic carbocycles. The molecule has 1 aromatic rings. The molecule has 0 heterocycles. The minimum atomic E-state index is 0.530. The van der Waals surface area contributed by atoms with Crippen LogP contribution in [0, 0.1) is 0 Å². The molecule has 0 amide bonds. The zero-order valence-electron chi connectivity index (χ0n) is 11.6. The number of benzene rings is 1. The summed E-state index contributed by atoms with van der Waals surface area (Å²) in [5.41, 5.74) is 1.39. The van der Waals surface area contributed by atoms with Crippen molar-refractivity contribution in [2.24, 2.45) is 0 Å². The van der Waals surface area contributed by atoms with Crippen molar-refractivity contribution in [1.82, 2.24) is 32.5 Å². The first-order chi connectivity index (χ1) is 10.9. The van der Waals surface area contributed by atoms with Crippen molar-refractivity contribution in [3.05, 3.63) is 35.9 Å². The van der Waals surface area contributed by atoms with E-state index in [2.05, 4.69) is 73.3 Å².